The summed E-state index contributed by atoms with van der Waals surface area (Å²) in [5.74, 6) is -0.894. The first kappa shape index (κ1) is 15.0. The zero-order chi connectivity index (χ0) is 14.3. The van der Waals surface area contributed by atoms with Crippen LogP contribution >= 0.6 is 0 Å². The van der Waals surface area contributed by atoms with Gasteiger partial charge in [0, 0.05) is 13.7 Å². The number of para-hydroxylation sites is 1. The van der Waals surface area contributed by atoms with Crippen molar-refractivity contribution in [2.45, 2.75) is 6.92 Å². The van der Waals surface area contributed by atoms with Crippen molar-refractivity contribution >= 4 is 17.7 Å². The average Bonchev–Trinajstić information content (AvgIpc) is 2.37. The molecule has 0 saturated heterocycles. The number of aromatic carboxylic acids is 1. The van der Waals surface area contributed by atoms with Crippen LogP contribution < -0.4 is 10.6 Å². The van der Waals surface area contributed by atoms with Gasteiger partial charge in [-0.3, -0.25) is 0 Å². The summed E-state index contributed by atoms with van der Waals surface area (Å²) in [6.45, 7) is 2.94. The lowest BCUT2D eigenvalue weighted by Gasteiger charge is -2.13. The molecule has 0 aliphatic rings. The van der Waals surface area contributed by atoms with Crippen molar-refractivity contribution in [1.82, 2.24) is 5.32 Å². The van der Waals surface area contributed by atoms with E-state index >= 15 is 0 Å². The Bertz CT molecular complexity index is 448. The number of carboxylic acid groups (broad SMARTS) is 1. The van der Waals surface area contributed by atoms with Crippen LogP contribution in [-0.4, -0.2) is 37.4 Å². The highest BCUT2D eigenvalue weighted by Gasteiger charge is 2.11. The highest BCUT2D eigenvalue weighted by atomic mass is 16.5. The predicted molar refractivity (Wildman–Crippen MR) is 71.5 cm³/mol. The number of hydrogen-bond donors (Lipinski definition) is 3. The summed E-state index contributed by atoms with van der Waals surface area (Å²) >= 11 is 0. The maximum absolute atomic E-state index is 11.6. The molecule has 1 unspecified atom stereocenters. The number of nitrogens with one attached hydrogen (secondary N) is 2. The number of ether oxygens (including phenoxy) is 1. The van der Waals surface area contributed by atoms with Gasteiger partial charge in [-0.05, 0) is 18.1 Å². The van der Waals surface area contributed by atoms with E-state index < -0.39 is 12.0 Å². The molecule has 0 bridgehead atoms. The third-order valence-electron chi connectivity index (χ3n) is 2.47. The van der Waals surface area contributed by atoms with Gasteiger partial charge in [-0.15, -0.1) is 0 Å². The van der Waals surface area contributed by atoms with Crippen LogP contribution in [0.25, 0.3) is 0 Å². The van der Waals surface area contributed by atoms with Crippen LogP contribution in [0.5, 0.6) is 0 Å². The molecule has 0 aromatic heterocycles. The SMILES string of the molecule is COCC(C)CNC(=O)Nc1ccccc1C(=O)O. The van der Waals surface area contributed by atoms with Crippen molar-refractivity contribution in [3.63, 3.8) is 0 Å². The minimum Gasteiger partial charge on any atom is -0.478 e. The molecule has 3 N–H and O–H groups in total. The van der Waals surface area contributed by atoms with E-state index in [1.54, 1.807) is 25.3 Å². The summed E-state index contributed by atoms with van der Waals surface area (Å²) < 4.78 is 4.96. The summed E-state index contributed by atoms with van der Waals surface area (Å²) in [7, 11) is 1.60. The molecule has 0 saturated carbocycles. The first-order chi connectivity index (χ1) is 9.04. The summed E-state index contributed by atoms with van der Waals surface area (Å²) in [4.78, 5) is 22.6. The molecule has 0 fully saturated rings. The second kappa shape index (κ2) is 7.38. The van der Waals surface area contributed by atoms with Crippen LogP contribution in [0.4, 0.5) is 10.5 Å². The number of anilines is 1. The zero-order valence-electron chi connectivity index (χ0n) is 11.0. The lowest BCUT2D eigenvalue weighted by Crippen LogP contribution is -2.33. The van der Waals surface area contributed by atoms with Gasteiger partial charge in [-0.25, -0.2) is 9.59 Å². The highest BCUT2D eigenvalue weighted by Crippen LogP contribution is 2.14. The molecule has 19 heavy (non-hydrogen) atoms. The van der Waals surface area contributed by atoms with Gasteiger partial charge in [-0.2, -0.15) is 0 Å². The molecule has 1 aromatic rings. The summed E-state index contributed by atoms with van der Waals surface area (Å²) in [5, 5.41) is 14.2. The van der Waals surface area contributed by atoms with Crippen LogP contribution in [0.1, 0.15) is 17.3 Å². The second-order valence-corrected chi connectivity index (χ2v) is 4.25. The average molecular weight is 266 g/mol. The monoisotopic (exact) mass is 266 g/mol. The smallest absolute Gasteiger partial charge is 0.337 e. The van der Waals surface area contributed by atoms with Gasteiger partial charge in [0.25, 0.3) is 0 Å². The van der Waals surface area contributed by atoms with Crippen LogP contribution in [0, 0.1) is 5.92 Å². The first-order valence-electron chi connectivity index (χ1n) is 5.90. The van der Waals surface area contributed by atoms with Gasteiger partial charge in [0.05, 0.1) is 17.9 Å². The molecule has 1 atom stereocenters. The van der Waals surface area contributed by atoms with Gasteiger partial charge in [-0.1, -0.05) is 19.1 Å². The number of amides is 2. The van der Waals surface area contributed by atoms with Gasteiger partial charge >= 0.3 is 12.0 Å². The number of hydrogen-bond acceptors (Lipinski definition) is 3. The third-order valence-corrected chi connectivity index (χ3v) is 2.47. The quantitative estimate of drug-likeness (QED) is 0.732. The van der Waals surface area contributed by atoms with Crippen molar-refractivity contribution < 1.29 is 19.4 Å². The topological polar surface area (TPSA) is 87.7 Å². The molecule has 0 aliphatic carbocycles. The van der Waals surface area contributed by atoms with Crippen molar-refractivity contribution in [2.75, 3.05) is 25.6 Å². The minimum atomic E-state index is -1.08. The van der Waals surface area contributed by atoms with E-state index in [-0.39, 0.29) is 17.2 Å². The Hall–Kier alpha value is -2.08. The largest absolute Gasteiger partial charge is 0.478 e. The number of methoxy groups -OCH3 is 1. The molecule has 1 rings (SSSR count). The molecular weight excluding hydrogens is 248 g/mol. The molecule has 0 heterocycles. The van der Waals surface area contributed by atoms with Crippen LogP contribution in [0.3, 0.4) is 0 Å². The van der Waals surface area contributed by atoms with Crippen LogP contribution in [0.2, 0.25) is 0 Å². The van der Waals surface area contributed by atoms with Gasteiger partial charge in [0.2, 0.25) is 0 Å². The summed E-state index contributed by atoms with van der Waals surface area (Å²) in [5.41, 5.74) is 0.328. The first-order valence-corrected chi connectivity index (χ1v) is 5.90. The maximum atomic E-state index is 11.6. The lowest BCUT2D eigenvalue weighted by molar-refractivity contribution is 0.0698. The Morgan fingerprint density at radius 2 is 2.05 bits per heavy atom. The Kier molecular flexibility index (Phi) is 5.81. The number of rotatable bonds is 6. The summed E-state index contributed by atoms with van der Waals surface area (Å²) in [6, 6.07) is 5.81. The third kappa shape index (κ3) is 4.97. The number of carbonyl (C=O) groups excluding carboxylic acids is 1. The minimum absolute atomic E-state index is 0.0580. The van der Waals surface area contributed by atoms with Crippen LogP contribution in [0.15, 0.2) is 24.3 Å². The number of urea groups is 1. The zero-order valence-corrected chi connectivity index (χ0v) is 11.0. The molecule has 6 heteroatoms. The van der Waals surface area contributed by atoms with E-state index in [2.05, 4.69) is 10.6 Å². The standard InChI is InChI=1S/C13H18N2O4/c1-9(8-19-2)7-14-13(18)15-11-6-4-3-5-10(11)12(16)17/h3-6,9H,7-8H2,1-2H3,(H,16,17)(H2,14,15,18). The van der Waals surface area contributed by atoms with E-state index in [0.717, 1.165) is 0 Å². The fourth-order valence-corrected chi connectivity index (χ4v) is 1.56. The fraction of sp³-hybridized carbons (Fsp3) is 0.385. The molecular formula is C13H18N2O4. The fourth-order valence-electron chi connectivity index (χ4n) is 1.56. The Morgan fingerprint density at radius 1 is 1.37 bits per heavy atom. The molecule has 1 aromatic carbocycles. The van der Waals surface area contributed by atoms with E-state index in [1.807, 2.05) is 6.92 Å². The number of carbonyl (C=O) groups is 2. The van der Waals surface area contributed by atoms with Gasteiger partial charge in [0.15, 0.2) is 0 Å². The van der Waals surface area contributed by atoms with Gasteiger partial charge < -0.3 is 20.5 Å². The predicted octanol–water partition coefficient (Wildman–Crippen LogP) is 1.79. The summed E-state index contributed by atoms with van der Waals surface area (Å²) in [6.07, 6.45) is 0. The Labute approximate surface area is 111 Å². The Morgan fingerprint density at radius 3 is 2.68 bits per heavy atom. The lowest BCUT2D eigenvalue weighted by atomic mass is 10.2. The van der Waals surface area contributed by atoms with E-state index in [4.69, 9.17) is 9.84 Å². The molecule has 0 radical (unpaired) electrons. The number of carboxylic acids is 1. The second-order valence-electron chi connectivity index (χ2n) is 4.25. The Balaban J connectivity index is 2.55. The van der Waals surface area contributed by atoms with E-state index in [9.17, 15) is 9.59 Å². The normalized spacial score (nSPS) is 11.7. The van der Waals surface area contributed by atoms with Crippen molar-refractivity contribution in [3.05, 3.63) is 29.8 Å². The van der Waals surface area contributed by atoms with Crippen LogP contribution in [-0.2, 0) is 4.74 Å². The van der Waals surface area contributed by atoms with Crippen molar-refractivity contribution in [3.8, 4) is 0 Å². The van der Waals surface area contributed by atoms with E-state index in [1.165, 1.54) is 6.07 Å². The maximum Gasteiger partial charge on any atom is 0.337 e. The molecule has 0 spiro atoms. The van der Waals surface area contributed by atoms with Crippen molar-refractivity contribution in [2.24, 2.45) is 5.92 Å². The van der Waals surface area contributed by atoms with Gasteiger partial charge in [0.1, 0.15) is 0 Å². The highest BCUT2D eigenvalue weighted by molar-refractivity contribution is 5.99. The van der Waals surface area contributed by atoms with Crippen molar-refractivity contribution in [1.29, 1.82) is 0 Å². The molecule has 2 amide bonds. The number of benzene rings is 1. The molecule has 0 aliphatic heterocycles. The molecule has 104 valence electrons. The van der Waals surface area contributed by atoms with E-state index in [0.29, 0.717) is 13.2 Å². The molecule has 6 nitrogen and oxygen atoms in total.